The topological polar surface area (TPSA) is 68.7 Å². The fourth-order valence-electron chi connectivity index (χ4n) is 3.45. The number of guanidine groups is 1. The molecule has 0 bridgehead atoms. The van der Waals surface area contributed by atoms with Crippen LogP contribution in [0.3, 0.4) is 0 Å². The van der Waals surface area contributed by atoms with E-state index in [0.29, 0.717) is 19.0 Å². The first kappa shape index (κ1) is 23.8. The molecule has 0 spiro atoms. The SMILES string of the molecule is CCNC(=NCc1ccc(C(F)(F)F)cc1)NCCCN1CCN(c2ncccn2)CC1. The van der Waals surface area contributed by atoms with E-state index in [-0.39, 0.29) is 0 Å². The number of rotatable bonds is 8. The lowest BCUT2D eigenvalue weighted by atomic mass is 10.1. The molecule has 1 aromatic carbocycles. The van der Waals surface area contributed by atoms with Crippen LogP contribution in [0.15, 0.2) is 47.7 Å². The van der Waals surface area contributed by atoms with Gasteiger partial charge in [0.1, 0.15) is 0 Å². The summed E-state index contributed by atoms with van der Waals surface area (Å²) in [5, 5.41) is 6.48. The molecule has 0 atom stereocenters. The highest BCUT2D eigenvalue weighted by atomic mass is 19.4. The van der Waals surface area contributed by atoms with E-state index < -0.39 is 11.7 Å². The first-order valence-electron chi connectivity index (χ1n) is 10.9. The summed E-state index contributed by atoms with van der Waals surface area (Å²) in [6.07, 6.45) is 0.176. The van der Waals surface area contributed by atoms with Crippen LogP contribution in [0.25, 0.3) is 0 Å². The van der Waals surface area contributed by atoms with Crippen molar-refractivity contribution < 1.29 is 13.2 Å². The van der Waals surface area contributed by atoms with E-state index in [1.807, 2.05) is 13.0 Å². The molecule has 3 rings (SSSR count). The second-order valence-electron chi connectivity index (χ2n) is 7.55. The number of nitrogens with zero attached hydrogens (tertiary/aromatic N) is 5. The molecule has 2 aromatic rings. The zero-order valence-electron chi connectivity index (χ0n) is 18.3. The number of alkyl halides is 3. The van der Waals surface area contributed by atoms with Crippen molar-refractivity contribution >= 4 is 11.9 Å². The van der Waals surface area contributed by atoms with Crippen molar-refractivity contribution in [1.29, 1.82) is 0 Å². The van der Waals surface area contributed by atoms with E-state index in [1.54, 1.807) is 12.4 Å². The van der Waals surface area contributed by atoms with E-state index >= 15 is 0 Å². The van der Waals surface area contributed by atoms with Crippen molar-refractivity contribution in [1.82, 2.24) is 25.5 Å². The standard InChI is InChI=1S/C22H30F3N7/c1-2-26-20(30-17-18-5-7-19(8-6-18)22(23,24)25)27-11-4-12-31-13-15-32(16-14-31)21-28-9-3-10-29-21/h3,5-10H,2,4,11-17H2,1H3,(H2,26,27,30). The quantitative estimate of drug-likeness (QED) is 0.367. The molecule has 0 aliphatic carbocycles. The average Bonchev–Trinajstić information content (AvgIpc) is 2.81. The van der Waals surface area contributed by atoms with Crippen LogP contribution in [-0.2, 0) is 12.7 Å². The van der Waals surface area contributed by atoms with Gasteiger partial charge in [0.25, 0.3) is 0 Å². The van der Waals surface area contributed by atoms with Crippen molar-refractivity contribution in [3.05, 3.63) is 53.9 Å². The maximum atomic E-state index is 12.7. The molecular formula is C22H30F3N7. The third-order valence-electron chi connectivity index (χ3n) is 5.20. The summed E-state index contributed by atoms with van der Waals surface area (Å²) >= 11 is 0. The molecule has 0 amide bonds. The second-order valence-corrected chi connectivity index (χ2v) is 7.55. The summed E-state index contributed by atoms with van der Waals surface area (Å²) in [5.74, 6) is 1.45. The van der Waals surface area contributed by atoms with Gasteiger partial charge in [-0.1, -0.05) is 12.1 Å². The number of benzene rings is 1. The van der Waals surface area contributed by atoms with Gasteiger partial charge in [-0.15, -0.1) is 0 Å². The second kappa shape index (κ2) is 11.7. The number of aromatic nitrogens is 2. The predicted octanol–water partition coefficient (Wildman–Crippen LogP) is 2.76. The minimum atomic E-state index is -4.32. The molecule has 32 heavy (non-hydrogen) atoms. The van der Waals surface area contributed by atoms with Crippen molar-refractivity contribution in [2.75, 3.05) is 50.7 Å². The van der Waals surface area contributed by atoms with Gasteiger partial charge in [0.2, 0.25) is 5.95 Å². The number of nitrogens with one attached hydrogen (secondary N) is 2. The largest absolute Gasteiger partial charge is 0.416 e. The van der Waals surface area contributed by atoms with Gasteiger partial charge in [-0.2, -0.15) is 13.2 Å². The Kier molecular flexibility index (Phi) is 8.66. The molecule has 2 N–H and O–H groups in total. The smallest absolute Gasteiger partial charge is 0.357 e. The maximum Gasteiger partial charge on any atom is 0.416 e. The fraction of sp³-hybridized carbons (Fsp3) is 0.500. The predicted molar refractivity (Wildman–Crippen MR) is 120 cm³/mol. The van der Waals surface area contributed by atoms with Crippen LogP contribution >= 0.6 is 0 Å². The number of anilines is 1. The van der Waals surface area contributed by atoms with Crippen LogP contribution in [0, 0.1) is 0 Å². The van der Waals surface area contributed by atoms with Crippen LogP contribution in [0.1, 0.15) is 24.5 Å². The summed E-state index contributed by atoms with van der Waals surface area (Å²) in [7, 11) is 0. The zero-order chi connectivity index (χ0) is 22.8. The molecular weight excluding hydrogens is 419 g/mol. The molecule has 1 aliphatic rings. The fourth-order valence-corrected chi connectivity index (χ4v) is 3.45. The highest BCUT2D eigenvalue weighted by molar-refractivity contribution is 5.79. The molecule has 0 unspecified atom stereocenters. The van der Waals surface area contributed by atoms with Gasteiger partial charge in [-0.05, 0) is 43.7 Å². The average molecular weight is 450 g/mol. The molecule has 2 heterocycles. The molecule has 1 aromatic heterocycles. The van der Waals surface area contributed by atoms with Crippen molar-refractivity contribution in [3.63, 3.8) is 0 Å². The highest BCUT2D eigenvalue weighted by Crippen LogP contribution is 2.29. The van der Waals surface area contributed by atoms with Crippen LogP contribution in [0.4, 0.5) is 19.1 Å². The summed E-state index contributed by atoms with van der Waals surface area (Å²) < 4.78 is 38.0. The van der Waals surface area contributed by atoms with Crippen molar-refractivity contribution in [3.8, 4) is 0 Å². The van der Waals surface area contributed by atoms with E-state index in [2.05, 4.69) is 35.4 Å². The van der Waals surface area contributed by atoms with E-state index in [0.717, 1.165) is 69.3 Å². The Labute approximate surface area is 186 Å². The van der Waals surface area contributed by atoms with Crippen molar-refractivity contribution in [2.45, 2.75) is 26.1 Å². The molecule has 1 fully saturated rings. The third kappa shape index (κ3) is 7.37. The minimum Gasteiger partial charge on any atom is -0.357 e. The van der Waals surface area contributed by atoms with Gasteiger partial charge in [0, 0.05) is 51.7 Å². The molecule has 0 saturated carbocycles. The van der Waals surface area contributed by atoms with E-state index in [9.17, 15) is 13.2 Å². The Morgan fingerprint density at radius 1 is 1.03 bits per heavy atom. The normalized spacial score (nSPS) is 15.6. The van der Waals surface area contributed by atoms with Gasteiger partial charge in [-0.25, -0.2) is 15.0 Å². The Morgan fingerprint density at radius 2 is 1.72 bits per heavy atom. The van der Waals surface area contributed by atoms with Gasteiger partial charge in [-0.3, -0.25) is 4.90 Å². The lowest BCUT2D eigenvalue weighted by Crippen LogP contribution is -2.47. The Morgan fingerprint density at radius 3 is 2.34 bits per heavy atom. The van der Waals surface area contributed by atoms with Crippen LogP contribution in [0.2, 0.25) is 0 Å². The molecule has 1 aliphatic heterocycles. The molecule has 10 heteroatoms. The molecule has 0 radical (unpaired) electrons. The zero-order valence-corrected chi connectivity index (χ0v) is 18.3. The number of hydrogen-bond donors (Lipinski definition) is 2. The summed E-state index contributed by atoms with van der Waals surface area (Å²) in [6.45, 7) is 8.52. The number of piperazine rings is 1. The maximum absolute atomic E-state index is 12.7. The lowest BCUT2D eigenvalue weighted by Gasteiger charge is -2.34. The Bertz CT molecular complexity index is 833. The van der Waals surface area contributed by atoms with E-state index in [1.165, 1.54) is 12.1 Å². The number of hydrogen-bond acceptors (Lipinski definition) is 5. The van der Waals surface area contributed by atoms with Gasteiger partial charge < -0.3 is 15.5 Å². The lowest BCUT2D eigenvalue weighted by molar-refractivity contribution is -0.137. The molecule has 7 nitrogen and oxygen atoms in total. The molecule has 1 saturated heterocycles. The van der Waals surface area contributed by atoms with Crippen molar-refractivity contribution in [2.24, 2.45) is 4.99 Å². The first-order chi connectivity index (χ1) is 15.5. The first-order valence-corrected chi connectivity index (χ1v) is 10.9. The summed E-state index contributed by atoms with van der Waals surface area (Å²) in [6, 6.07) is 6.94. The van der Waals surface area contributed by atoms with Crippen LogP contribution in [0.5, 0.6) is 0 Å². The Balaban J connectivity index is 1.38. The highest BCUT2D eigenvalue weighted by Gasteiger charge is 2.29. The van der Waals surface area contributed by atoms with Crippen LogP contribution < -0.4 is 15.5 Å². The van der Waals surface area contributed by atoms with E-state index in [4.69, 9.17) is 0 Å². The number of aliphatic imine (C=N–C) groups is 1. The summed E-state index contributed by atoms with van der Waals surface area (Å²) in [4.78, 5) is 17.7. The van der Waals surface area contributed by atoms with Gasteiger partial charge in [0.05, 0.1) is 12.1 Å². The number of halogens is 3. The van der Waals surface area contributed by atoms with Gasteiger partial charge in [0.15, 0.2) is 5.96 Å². The van der Waals surface area contributed by atoms with Crippen LogP contribution in [-0.4, -0.2) is 66.6 Å². The molecule has 174 valence electrons. The van der Waals surface area contributed by atoms with Gasteiger partial charge >= 0.3 is 6.18 Å². The Hall–Kier alpha value is -2.88. The summed E-state index contributed by atoms with van der Waals surface area (Å²) in [5.41, 5.74) is 0.0860. The third-order valence-corrected chi connectivity index (χ3v) is 5.20. The minimum absolute atomic E-state index is 0.316. The monoisotopic (exact) mass is 449 g/mol.